The Morgan fingerprint density at radius 1 is 1.35 bits per heavy atom. The Labute approximate surface area is 123 Å². The van der Waals surface area contributed by atoms with Gasteiger partial charge in [-0.25, -0.2) is 4.39 Å². The Hall–Kier alpha value is -1.20. The van der Waals surface area contributed by atoms with E-state index in [1.165, 1.54) is 18.9 Å². The zero-order valence-electron chi connectivity index (χ0n) is 11.7. The molecule has 1 fully saturated rings. The number of para-hydroxylation sites is 1. The summed E-state index contributed by atoms with van der Waals surface area (Å²) >= 11 is 5.36. The third-order valence-corrected chi connectivity index (χ3v) is 4.68. The van der Waals surface area contributed by atoms with E-state index < -0.39 is 0 Å². The van der Waals surface area contributed by atoms with Gasteiger partial charge >= 0.3 is 0 Å². The van der Waals surface area contributed by atoms with Gasteiger partial charge in [0.15, 0.2) is 4.77 Å². The van der Waals surface area contributed by atoms with E-state index in [0.717, 1.165) is 31.7 Å². The molecule has 1 aliphatic rings. The fraction of sp³-hybridized carbons (Fsp3) is 0.533. The second-order valence-electron chi connectivity index (χ2n) is 5.55. The van der Waals surface area contributed by atoms with Gasteiger partial charge in [-0.05, 0) is 62.7 Å². The first kappa shape index (κ1) is 13.8. The predicted molar refractivity (Wildman–Crippen MR) is 81.9 cm³/mol. The van der Waals surface area contributed by atoms with Crippen molar-refractivity contribution in [2.45, 2.75) is 26.3 Å². The van der Waals surface area contributed by atoms with Crippen LogP contribution in [-0.2, 0) is 6.54 Å². The average molecular weight is 293 g/mol. The van der Waals surface area contributed by atoms with Gasteiger partial charge in [-0.2, -0.15) is 0 Å². The monoisotopic (exact) mass is 293 g/mol. The molecular formula is C15H20FN3S. The van der Waals surface area contributed by atoms with Crippen LogP contribution >= 0.6 is 12.2 Å². The molecule has 1 aromatic heterocycles. The highest BCUT2D eigenvalue weighted by Crippen LogP contribution is 2.23. The molecule has 1 aliphatic heterocycles. The highest BCUT2D eigenvalue weighted by atomic mass is 32.1. The summed E-state index contributed by atoms with van der Waals surface area (Å²) in [4.78, 5) is 5.47. The number of H-pyrrole nitrogens is 1. The van der Waals surface area contributed by atoms with E-state index in [4.69, 9.17) is 12.2 Å². The summed E-state index contributed by atoms with van der Waals surface area (Å²) in [5.74, 6) is 0.403. The smallest absolute Gasteiger partial charge is 0.178 e. The van der Waals surface area contributed by atoms with Crippen molar-refractivity contribution in [1.82, 2.24) is 14.5 Å². The van der Waals surface area contributed by atoms with Crippen molar-refractivity contribution < 1.29 is 4.39 Å². The molecule has 0 spiro atoms. The Balaban J connectivity index is 1.83. The molecule has 0 amide bonds. The maximum atomic E-state index is 13.8. The highest BCUT2D eigenvalue weighted by Gasteiger charge is 2.19. The third kappa shape index (κ3) is 2.52. The van der Waals surface area contributed by atoms with Crippen molar-refractivity contribution in [1.29, 1.82) is 0 Å². The molecule has 0 bridgehead atoms. The van der Waals surface area contributed by atoms with Gasteiger partial charge in [0.25, 0.3) is 0 Å². The van der Waals surface area contributed by atoms with Gasteiger partial charge in [0.05, 0.1) is 5.52 Å². The molecule has 0 unspecified atom stereocenters. The molecule has 1 aromatic carbocycles. The molecule has 0 saturated carbocycles. The number of piperidine rings is 1. The van der Waals surface area contributed by atoms with Crippen molar-refractivity contribution in [3.05, 3.63) is 28.8 Å². The molecule has 1 N–H and O–H groups in total. The van der Waals surface area contributed by atoms with Gasteiger partial charge in [-0.15, -0.1) is 0 Å². The summed E-state index contributed by atoms with van der Waals surface area (Å²) in [5, 5.41) is 0. The van der Waals surface area contributed by atoms with Crippen molar-refractivity contribution in [2.24, 2.45) is 5.92 Å². The maximum Gasteiger partial charge on any atom is 0.178 e. The lowest BCUT2D eigenvalue weighted by Crippen LogP contribution is -2.34. The number of aromatic amines is 1. The van der Waals surface area contributed by atoms with Gasteiger partial charge in [0, 0.05) is 6.54 Å². The fourth-order valence-corrected chi connectivity index (χ4v) is 3.34. The molecule has 2 aromatic rings. The minimum absolute atomic E-state index is 0.229. The molecule has 0 atom stereocenters. The summed E-state index contributed by atoms with van der Waals surface area (Å²) in [6.07, 6.45) is 2.38. The quantitative estimate of drug-likeness (QED) is 0.875. The summed E-state index contributed by atoms with van der Waals surface area (Å²) in [5.41, 5.74) is 1.41. The highest BCUT2D eigenvalue weighted by molar-refractivity contribution is 7.71. The van der Waals surface area contributed by atoms with Crippen LogP contribution in [-0.4, -0.2) is 34.1 Å². The zero-order chi connectivity index (χ0) is 14.1. The third-order valence-electron chi connectivity index (χ3n) is 4.35. The number of hydrogen-bond acceptors (Lipinski definition) is 2. The number of aromatic nitrogens is 2. The van der Waals surface area contributed by atoms with E-state index in [9.17, 15) is 4.39 Å². The summed E-state index contributed by atoms with van der Waals surface area (Å²) in [7, 11) is 0. The number of imidazole rings is 1. The second kappa shape index (κ2) is 5.66. The molecule has 0 radical (unpaired) electrons. The molecule has 0 aliphatic carbocycles. The molecule has 5 heteroatoms. The Morgan fingerprint density at radius 2 is 2.10 bits per heavy atom. The number of nitrogens with zero attached hydrogens (tertiary/aromatic N) is 2. The van der Waals surface area contributed by atoms with E-state index in [1.54, 1.807) is 6.07 Å². The first-order valence-corrected chi connectivity index (χ1v) is 7.69. The minimum Gasteiger partial charge on any atom is -0.328 e. The molecule has 3 nitrogen and oxygen atoms in total. The zero-order valence-corrected chi connectivity index (χ0v) is 12.5. The van der Waals surface area contributed by atoms with Crippen LogP contribution in [0.4, 0.5) is 4.39 Å². The standard InChI is InChI=1S/C15H20FN3S/c1-2-18-8-6-11(7-9-18)10-19-13-5-3-4-12(16)14(13)17-15(19)20/h3-5,11H,2,6-10H2,1H3,(H,17,20). The van der Waals surface area contributed by atoms with Crippen molar-refractivity contribution >= 4 is 23.3 Å². The number of nitrogens with one attached hydrogen (secondary N) is 1. The molecule has 108 valence electrons. The van der Waals surface area contributed by atoms with Crippen LogP contribution in [0.3, 0.4) is 0 Å². The fourth-order valence-electron chi connectivity index (χ4n) is 3.07. The predicted octanol–water partition coefficient (Wildman–Crippen LogP) is 3.57. The SMILES string of the molecule is CCN1CCC(Cn2c(=S)[nH]c3c(F)cccc32)CC1. The Kier molecular flexibility index (Phi) is 3.89. The van der Waals surface area contributed by atoms with E-state index in [0.29, 0.717) is 16.2 Å². The maximum absolute atomic E-state index is 13.8. The van der Waals surface area contributed by atoms with Gasteiger partial charge in [-0.1, -0.05) is 13.0 Å². The van der Waals surface area contributed by atoms with Crippen LogP contribution in [0.15, 0.2) is 18.2 Å². The summed E-state index contributed by atoms with van der Waals surface area (Å²) < 4.78 is 16.4. The number of benzene rings is 1. The molecular weight excluding hydrogens is 273 g/mol. The first-order valence-electron chi connectivity index (χ1n) is 7.28. The number of rotatable bonds is 3. The topological polar surface area (TPSA) is 24.0 Å². The van der Waals surface area contributed by atoms with E-state index in [1.807, 2.05) is 6.07 Å². The van der Waals surface area contributed by atoms with Crippen LogP contribution in [0, 0.1) is 16.5 Å². The van der Waals surface area contributed by atoms with Crippen LogP contribution in [0.1, 0.15) is 19.8 Å². The summed E-state index contributed by atoms with van der Waals surface area (Å²) in [6.45, 7) is 6.54. The number of likely N-dealkylation sites (tertiary alicyclic amines) is 1. The largest absolute Gasteiger partial charge is 0.328 e. The molecule has 3 rings (SSSR count). The number of fused-ring (bicyclic) bond motifs is 1. The van der Waals surface area contributed by atoms with Crippen LogP contribution in [0.25, 0.3) is 11.0 Å². The summed E-state index contributed by atoms with van der Waals surface area (Å²) in [6, 6.07) is 5.15. The lowest BCUT2D eigenvalue weighted by atomic mass is 9.97. The van der Waals surface area contributed by atoms with Gasteiger partial charge in [0.1, 0.15) is 11.3 Å². The van der Waals surface area contributed by atoms with Crippen LogP contribution < -0.4 is 0 Å². The van der Waals surface area contributed by atoms with Gasteiger partial charge < -0.3 is 14.5 Å². The van der Waals surface area contributed by atoms with E-state index in [-0.39, 0.29) is 5.82 Å². The number of halogens is 1. The molecule has 1 saturated heterocycles. The lowest BCUT2D eigenvalue weighted by molar-refractivity contribution is 0.181. The second-order valence-corrected chi connectivity index (χ2v) is 5.94. The van der Waals surface area contributed by atoms with E-state index >= 15 is 0 Å². The van der Waals surface area contributed by atoms with Crippen molar-refractivity contribution in [3.8, 4) is 0 Å². The average Bonchev–Trinajstić information content (AvgIpc) is 2.78. The minimum atomic E-state index is -0.229. The molecule has 20 heavy (non-hydrogen) atoms. The lowest BCUT2D eigenvalue weighted by Gasteiger charge is -2.31. The Bertz CT molecular complexity index is 653. The normalized spacial score (nSPS) is 17.9. The Morgan fingerprint density at radius 3 is 2.80 bits per heavy atom. The van der Waals surface area contributed by atoms with E-state index in [2.05, 4.69) is 21.4 Å². The molecule has 2 heterocycles. The van der Waals surface area contributed by atoms with Crippen molar-refractivity contribution in [2.75, 3.05) is 19.6 Å². The van der Waals surface area contributed by atoms with Crippen molar-refractivity contribution in [3.63, 3.8) is 0 Å². The van der Waals surface area contributed by atoms with Crippen LogP contribution in [0.5, 0.6) is 0 Å². The first-order chi connectivity index (χ1) is 9.69. The number of hydrogen-bond donors (Lipinski definition) is 1. The van der Waals surface area contributed by atoms with Crippen LogP contribution in [0.2, 0.25) is 0 Å². The van der Waals surface area contributed by atoms with Gasteiger partial charge in [0.2, 0.25) is 0 Å². The van der Waals surface area contributed by atoms with Gasteiger partial charge in [-0.3, -0.25) is 0 Å².